The molecule has 3 rings (SSSR count). The quantitative estimate of drug-likeness (QED) is 0.516. The first-order chi connectivity index (χ1) is 11.1. The summed E-state index contributed by atoms with van der Waals surface area (Å²) in [6.45, 7) is 2.06. The van der Waals surface area contributed by atoms with Crippen LogP contribution in [0.5, 0.6) is 0 Å². The Hall–Kier alpha value is -1.20. The largest absolute Gasteiger partial charge is 0.270 e. The highest BCUT2D eigenvalue weighted by molar-refractivity contribution is 7.99. The van der Waals surface area contributed by atoms with E-state index in [0.717, 1.165) is 22.2 Å². The van der Waals surface area contributed by atoms with Crippen LogP contribution < -0.4 is 0 Å². The molecule has 0 saturated heterocycles. The van der Waals surface area contributed by atoms with Crippen LogP contribution in [0.1, 0.15) is 6.92 Å². The lowest BCUT2D eigenvalue weighted by Crippen LogP contribution is -2.00. The Kier molecular flexibility index (Phi) is 5.17. The van der Waals surface area contributed by atoms with Crippen molar-refractivity contribution in [3.8, 4) is 17.1 Å². The summed E-state index contributed by atoms with van der Waals surface area (Å²) in [5.74, 6) is 1.55. The van der Waals surface area contributed by atoms with Crippen LogP contribution in [0.3, 0.4) is 0 Å². The molecular weight excluding hydrogens is 373 g/mol. The van der Waals surface area contributed by atoms with Crippen LogP contribution in [0.2, 0.25) is 15.1 Å². The number of aromatic nitrogens is 3. The van der Waals surface area contributed by atoms with E-state index in [2.05, 4.69) is 17.1 Å². The van der Waals surface area contributed by atoms with Crippen molar-refractivity contribution in [1.29, 1.82) is 0 Å². The Morgan fingerprint density at radius 1 is 0.957 bits per heavy atom. The van der Waals surface area contributed by atoms with E-state index >= 15 is 0 Å². The van der Waals surface area contributed by atoms with Crippen molar-refractivity contribution in [2.24, 2.45) is 0 Å². The molecule has 0 atom stereocenters. The van der Waals surface area contributed by atoms with E-state index in [1.165, 1.54) is 0 Å². The lowest BCUT2D eigenvalue weighted by Gasteiger charge is -2.11. The molecule has 0 aliphatic carbocycles. The fourth-order valence-electron chi connectivity index (χ4n) is 2.17. The summed E-state index contributed by atoms with van der Waals surface area (Å²) in [5, 5.41) is 11.0. The Labute approximate surface area is 153 Å². The minimum Gasteiger partial charge on any atom is -0.270 e. The molecule has 0 spiro atoms. The van der Waals surface area contributed by atoms with Crippen molar-refractivity contribution < 1.29 is 0 Å². The van der Waals surface area contributed by atoms with Crippen molar-refractivity contribution >= 4 is 46.6 Å². The van der Waals surface area contributed by atoms with Crippen LogP contribution in [0.15, 0.2) is 47.6 Å². The summed E-state index contributed by atoms with van der Waals surface area (Å²) in [6.07, 6.45) is 0. The summed E-state index contributed by atoms with van der Waals surface area (Å²) < 4.78 is 1.94. The van der Waals surface area contributed by atoms with Gasteiger partial charge in [-0.05, 0) is 36.1 Å². The third-order valence-corrected chi connectivity index (χ3v) is 5.06. The zero-order valence-electron chi connectivity index (χ0n) is 12.1. The Morgan fingerprint density at radius 2 is 1.74 bits per heavy atom. The van der Waals surface area contributed by atoms with E-state index in [9.17, 15) is 0 Å². The number of benzene rings is 2. The van der Waals surface area contributed by atoms with Gasteiger partial charge in [0.1, 0.15) is 0 Å². The molecule has 0 aliphatic heterocycles. The standard InChI is InChI=1S/C16H12Cl3N3S/c1-2-23-16-21-20-15(11-5-3-4-6-12(11)17)22(16)10-7-8-13(18)14(19)9-10/h3-9H,2H2,1H3. The summed E-state index contributed by atoms with van der Waals surface area (Å²) >= 11 is 20.1. The Balaban J connectivity index is 2.22. The summed E-state index contributed by atoms with van der Waals surface area (Å²) in [4.78, 5) is 0. The minimum atomic E-state index is 0.482. The van der Waals surface area contributed by atoms with Crippen molar-refractivity contribution in [1.82, 2.24) is 14.8 Å². The van der Waals surface area contributed by atoms with Gasteiger partial charge in [0.25, 0.3) is 0 Å². The second kappa shape index (κ2) is 7.14. The fraction of sp³-hybridized carbons (Fsp3) is 0.125. The third kappa shape index (κ3) is 3.36. The monoisotopic (exact) mass is 383 g/mol. The van der Waals surface area contributed by atoms with E-state index in [1.807, 2.05) is 34.9 Å². The smallest absolute Gasteiger partial charge is 0.196 e. The number of nitrogens with zero attached hydrogens (tertiary/aromatic N) is 3. The van der Waals surface area contributed by atoms with Gasteiger partial charge in [-0.3, -0.25) is 4.57 Å². The predicted octanol–water partition coefficient (Wildman–Crippen LogP) is 6.01. The normalized spacial score (nSPS) is 11.0. The SMILES string of the molecule is CCSc1nnc(-c2ccccc2Cl)n1-c1ccc(Cl)c(Cl)c1. The van der Waals surface area contributed by atoms with Gasteiger partial charge < -0.3 is 0 Å². The molecule has 0 amide bonds. The van der Waals surface area contributed by atoms with Gasteiger partial charge in [0.05, 0.1) is 20.8 Å². The topological polar surface area (TPSA) is 30.7 Å². The van der Waals surface area contributed by atoms with E-state index in [0.29, 0.717) is 20.9 Å². The maximum Gasteiger partial charge on any atom is 0.196 e. The van der Waals surface area contributed by atoms with Gasteiger partial charge in [-0.25, -0.2) is 0 Å². The molecular formula is C16H12Cl3N3S. The number of halogens is 3. The highest BCUT2D eigenvalue weighted by atomic mass is 35.5. The fourth-order valence-corrected chi connectivity index (χ4v) is 3.36. The lowest BCUT2D eigenvalue weighted by atomic mass is 10.2. The minimum absolute atomic E-state index is 0.482. The molecule has 1 heterocycles. The molecule has 1 aromatic heterocycles. The molecule has 0 saturated carbocycles. The highest BCUT2D eigenvalue weighted by Gasteiger charge is 2.18. The predicted molar refractivity (Wildman–Crippen MR) is 98.2 cm³/mol. The molecule has 0 aliphatic rings. The Morgan fingerprint density at radius 3 is 2.43 bits per heavy atom. The van der Waals surface area contributed by atoms with Gasteiger partial charge in [-0.2, -0.15) is 0 Å². The zero-order valence-corrected chi connectivity index (χ0v) is 15.2. The maximum absolute atomic E-state index is 6.33. The molecule has 3 aromatic rings. The van der Waals surface area contributed by atoms with Crippen LogP contribution in [-0.2, 0) is 0 Å². The van der Waals surface area contributed by atoms with Gasteiger partial charge in [0, 0.05) is 5.56 Å². The van der Waals surface area contributed by atoms with Crippen LogP contribution in [0.4, 0.5) is 0 Å². The third-order valence-electron chi connectivity index (χ3n) is 3.18. The van der Waals surface area contributed by atoms with Gasteiger partial charge in [-0.15, -0.1) is 10.2 Å². The molecule has 7 heteroatoms. The first-order valence-electron chi connectivity index (χ1n) is 6.90. The van der Waals surface area contributed by atoms with Crippen LogP contribution in [0, 0.1) is 0 Å². The molecule has 3 nitrogen and oxygen atoms in total. The molecule has 0 unspecified atom stereocenters. The zero-order chi connectivity index (χ0) is 16.4. The van der Waals surface area contributed by atoms with E-state index in [-0.39, 0.29) is 0 Å². The average Bonchev–Trinajstić information content (AvgIpc) is 2.94. The first-order valence-corrected chi connectivity index (χ1v) is 9.02. The van der Waals surface area contributed by atoms with Crippen molar-refractivity contribution in [3.63, 3.8) is 0 Å². The van der Waals surface area contributed by atoms with Crippen molar-refractivity contribution in [2.45, 2.75) is 12.1 Å². The molecule has 118 valence electrons. The van der Waals surface area contributed by atoms with Gasteiger partial charge in [0.2, 0.25) is 0 Å². The number of hydrogen-bond donors (Lipinski definition) is 0. The van der Waals surface area contributed by atoms with Crippen molar-refractivity contribution in [2.75, 3.05) is 5.75 Å². The maximum atomic E-state index is 6.33. The average molecular weight is 385 g/mol. The number of thioether (sulfide) groups is 1. The lowest BCUT2D eigenvalue weighted by molar-refractivity contribution is 0.887. The summed E-state index contributed by atoms with van der Waals surface area (Å²) in [5.41, 5.74) is 1.66. The molecule has 0 N–H and O–H groups in total. The molecule has 0 fully saturated rings. The second-order valence-electron chi connectivity index (χ2n) is 4.65. The highest BCUT2D eigenvalue weighted by Crippen LogP contribution is 2.33. The molecule has 0 radical (unpaired) electrons. The first kappa shape index (κ1) is 16.7. The molecule has 0 bridgehead atoms. The van der Waals surface area contributed by atoms with E-state index in [4.69, 9.17) is 34.8 Å². The van der Waals surface area contributed by atoms with E-state index in [1.54, 1.807) is 23.9 Å². The van der Waals surface area contributed by atoms with Crippen molar-refractivity contribution in [3.05, 3.63) is 57.5 Å². The summed E-state index contributed by atoms with van der Waals surface area (Å²) in [7, 11) is 0. The second-order valence-corrected chi connectivity index (χ2v) is 7.11. The number of rotatable bonds is 4. The van der Waals surface area contributed by atoms with Gasteiger partial charge >= 0.3 is 0 Å². The van der Waals surface area contributed by atoms with Gasteiger partial charge in [0.15, 0.2) is 11.0 Å². The van der Waals surface area contributed by atoms with E-state index < -0.39 is 0 Å². The number of hydrogen-bond acceptors (Lipinski definition) is 3. The van der Waals surface area contributed by atoms with Crippen LogP contribution >= 0.6 is 46.6 Å². The summed E-state index contributed by atoms with van der Waals surface area (Å²) in [6, 6.07) is 13.0. The van der Waals surface area contributed by atoms with Gasteiger partial charge in [-0.1, -0.05) is 65.6 Å². The molecule has 23 heavy (non-hydrogen) atoms. The van der Waals surface area contributed by atoms with Crippen LogP contribution in [-0.4, -0.2) is 20.5 Å². The molecule has 2 aromatic carbocycles. The van der Waals surface area contributed by atoms with Crippen LogP contribution in [0.25, 0.3) is 17.1 Å². The Bertz CT molecular complexity index is 848.